The molecule has 0 aliphatic carbocycles. The SMILES string of the molecule is NS(=O)(=O)C(c1ccc(-c2ccccc2)cc1)C(F)(F)F. The van der Waals surface area contributed by atoms with Crippen LogP contribution >= 0.6 is 0 Å². The number of nitrogens with two attached hydrogens (primary N) is 1. The van der Waals surface area contributed by atoms with E-state index >= 15 is 0 Å². The van der Waals surface area contributed by atoms with Gasteiger partial charge in [-0.2, -0.15) is 13.2 Å². The van der Waals surface area contributed by atoms with E-state index in [-0.39, 0.29) is 0 Å². The first-order valence-electron chi connectivity index (χ1n) is 5.93. The molecule has 0 saturated carbocycles. The molecule has 112 valence electrons. The van der Waals surface area contributed by atoms with Crippen LogP contribution in [0, 0.1) is 0 Å². The smallest absolute Gasteiger partial charge is 0.228 e. The summed E-state index contributed by atoms with van der Waals surface area (Å²) < 4.78 is 61.0. The van der Waals surface area contributed by atoms with E-state index in [0.717, 1.165) is 17.7 Å². The van der Waals surface area contributed by atoms with Gasteiger partial charge in [0.2, 0.25) is 10.0 Å². The lowest BCUT2D eigenvalue weighted by Gasteiger charge is -2.18. The molecule has 0 aliphatic heterocycles. The fourth-order valence-corrected chi connectivity index (χ4v) is 2.95. The molecule has 21 heavy (non-hydrogen) atoms. The van der Waals surface area contributed by atoms with E-state index in [9.17, 15) is 21.6 Å². The molecule has 0 aromatic heterocycles. The van der Waals surface area contributed by atoms with E-state index in [1.165, 1.54) is 12.1 Å². The summed E-state index contributed by atoms with van der Waals surface area (Å²) in [5.41, 5.74) is 1.11. The molecular formula is C14H12F3NO2S. The van der Waals surface area contributed by atoms with Crippen molar-refractivity contribution in [2.45, 2.75) is 11.4 Å². The van der Waals surface area contributed by atoms with Gasteiger partial charge >= 0.3 is 6.18 Å². The first-order chi connectivity index (χ1) is 9.69. The van der Waals surface area contributed by atoms with Crippen molar-refractivity contribution in [1.82, 2.24) is 0 Å². The number of benzene rings is 2. The summed E-state index contributed by atoms with van der Waals surface area (Å²) >= 11 is 0. The summed E-state index contributed by atoms with van der Waals surface area (Å²) in [5.74, 6) is 0. The van der Waals surface area contributed by atoms with E-state index in [1.54, 1.807) is 24.3 Å². The molecule has 0 radical (unpaired) electrons. The molecule has 3 nitrogen and oxygen atoms in total. The molecule has 2 aromatic carbocycles. The Morgan fingerprint density at radius 1 is 0.857 bits per heavy atom. The van der Waals surface area contributed by atoms with E-state index in [2.05, 4.69) is 0 Å². The fourth-order valence-electron chi connectivity index (χ4n) is 2.05. The Morgan fingerprint density at radius 3 is 1.76 bits per heavy atom. The molecule has 0 bridgehead atoms. The van der Waals surface area contributed by atoms with Crippen LogP contribution in [0.5, 0.6) is 0 Å². The van der Waals surface area contributed by atoms with Crippen molar-refractivity contribution >= 4 is 10.0 Å². The van der Waals surface area contributed by atoms with Crippen molar-refractivity contribution in [3.05, 3.63) is 60.2 Å². The first kappa shape index (κ1) is 15.5. The average Bonchev–Trinajstić information content (AvgIpc) is 2.37. The molecular weight excluding hydrogens is 303 g/mol. The van der Waals surface area contributed by atoms with Crippen LogP contribution < -0.4 is 5.14 Å². The monoisotopic (exact) mass is 315 g/mol. The van der Waals surface area contributed by atoms with E-state index < -0.39 is 27.0 Å². The number of hydrogen-bond acceptors (Lipinski definition) is 2. The lowest BCUT2D eigenvalue weighted by Crippen LogP contribution is -2.33. The Balaban J connectivity index is 2.42. The maximum Gasteiger partial charge on any atom is 0.410 e. The Morgan fingerprint density at radius 2 is 1.33 bits per heavy atom. The van der Waals surface area contributed by atoms with Gasteiger partial charge in [0.1, 0.15) is 0 Å². The third kappa shape index (κ3) is 3.62. The highest BCUT2D eigenvalue weighted by Gasteiger charge is 2.48. The van der Waals surface area contributed by atoms with Gasteiger partial charge in [0, 0.05) is 0 Å². The summed E-state index contributed by atoms with van der Waals surface area (Å²) in [5, 5.41) is 1.99. The zero-order chi connectivity index (χ0) is 15.7. The summed E-state index contributed by atoms with van der Waals surface area (Å²) in [6.45, 7) is 0. The van der Waals surface area contributed by atoms with Crippen molar-refractivity contribution in [3.63, 3.8) is 0 Å². The standard InChI is InChI=1S/C14H12F3NO2S/c15-14(16,17)13(21(18,19)20)12-8-6-11(7-9-12)10-4-2-1-3-5-10/h1-9,13H,(H2,18,19,20). The molecule has 0 aliphatic rings. The lowest BCUT2D eigenvalue weighted by atomic mass is 10.0. The molecule has 7 heteroatoms. The second-order valence-electron chi connectivity index (χ2n) is 4.50. The van der Waals surface area contributed by atoms with Crippen LogP contribution in [0.4, 0.5) is 13.2 Å². The minimum absolute atomic E-state index is 0.398. The second-order valence-corrected chi connectivity index (χ2v) is 6.15. The highest BCUT2D eigenvalue weighted by Crippen LogP contribution is 2.38. The zero-order valence-corrected chi connectivity index (χ0v) is 11.5. The lowest BCUT2D eigenvalue weighted by molar-refractivity contribution is -0.131. The van der Waals surface area contributed by atoms with Crippen molar-refractivity contribution < 1.29 is 21.6 Å². The van der Waals surface area contributed by atoms with Gasteiger partial charge in [0.05, 0.1) is 0 Å². The van der Waals surface area contributed by atoms with Crippen LogP contribution in [0.2, 0.25) is 0 Å². The van der Waals surface area contributed by atoms with Crippen molar-refractivity contribution in [2.24, 2.45) is 5.14 Å². The number of halogens is 3. The second kappa shape index (κ2) is 5.50. The molecule has 1 unspecified atom stereocenters. The Kier molecular flexibility index (Phi) is 4.06. The minimum Gasteiger partial charge on any atom is -0.228 e. The highest BCUT2D eigenvalue weighted by molar-refractivity contribution is 7.89. The third-order valence-corrected chi connectivity index (χ3v) is 4.14. The molecule has 2 aromatic rings. The Bertz CT molecular complexity index is 710. The number of rotatable bonds is 3. The number of alkyl halides is 3. The van der Waals surface area contributed by atoms with Crippen LogP contribution in [-0.2, 0) is 10.0 Å². The zero-order valence-electron chi connectivity index (χ0n) is 10.7. The van der Waals surface area contributed by atoms with Crippen LogP contribution in [-0.4, -0.2) is 14.6 Å². The summed E-state index contributed by atoms with van der Waals surface area (Å²) in [6.07, 6.45) is -4.96. The largest absolute Gasteiger partial charge is 0.410 e. The first-order valence-corrected chi connectivity index (χ1v) is 7.54. The van der Waals surface area contributed by atoms with Gasteiger partial charge < -0.3 is 0 Å². The quantitative estimate of drug-likeness (QED) is 0.945. The van der Waals surface area contributed by atoms with Crippen LogP contribution in [0.15, 0.2) is 54.6 Å². The third-order valence-electron chi connectivity index (χ3n) is 2.95. The van der Waals surface area contributed by atoms with Crippen molar-refractivity contribution in [3.8, 4) is 11.1 Å². The van der Waals surface area contributed by atoms with Gasteiger partial charge in [-0.05, 0) is 16.7 Å². The van der Waals surface area contributed by atoms with Crippen LogP contribution in [0.3, 0.4) is 0 Å². The highest BCUT2D eigenvalue weighted by atomic mass is 32.2. The van der Waals surface area contributed by atoms with Gasteiger partial charge in [0.25, 0.3) is 0 Å². The van der Waals surface area contributed by atoms with Crippen LogP contribution in [0.1, 0.15) is 10.8 Å². The van der Waals surface area contributed by atoms with Gasteiger partial charge in [0.15, 0.2) is 5.25 Å². The van der Waals surface area contributed by atoms with Gasteiger partial charge in [-0.1, -0.05) is 54.6 Å². The molecule has 2 N–H and O–H groups in total. The molecule has 1 atom stereocenters. The van der Waals surface area contributed by atoms with Gasteiger partial charge in [-0.25, -0.2) is 13.6 Å². The fraction of sp³-hybridized carbons (Fsp3) is 0.143. The summed E-state index contributed by atoms with van der Waals surface area (Å²) in [7, 11) is -4.78. The molecule has 0 heterocycles. The molecule has 0 spiro atoms. The molecule has 0 fully saturated rings. The topological polar surface area (TPSA) is 60.2 Å². The van der Waals surface area contributed by atoms with Crippen molar-refractivity contribution in [1.29, 1.82) is 0 Å². The van der Waals surface area contributed by atoms with E-state index in [1.807, 2.05) is 6.07 Å². The molecule has 0 amide bonds. The predicted octanol–water partition coefficient (Wildman–Crippen LogP) is 3.25. The molecule has 2 rings (SSSR count). The van der Waals surface area contributed by atoms with Crippen LogP contribution in [0.25, 0.3) is 11.1 Å². The predicted molar refractivity (Wildman–Crippen MR) is 73.8 cm³/mol. The minimum atomic E-state index is -4.96. The maximum atomic E-state index is 12.9. The van der Waals surface area contributed by atoms with Gasteiger partial charge in [-0.15, -0.1) is 0 Å². The van der Waals surface area contributed by atoms with E-state index in [4.69, 9.17) is 5.14 Å². The average molecular weight is 315 g/mol. The van der Waals surface area contributed by atoms with Gasteiger partial charge in [-0.3, -0.25) is 0 Å². The summed E-state index contributed by atoms with van der Waals surface area (Å²) in [6, 6.07) is 14.2. The normalized spacial score (nSPS) is 13.9. The number of sulfonamides is 1. The number of hydrogen-bond donors (Lipinski definition) is 1. The van der Waals surface area contributed by atoms with E-state index in [0.29, 0.717) is 5.56 Å². The summed E-state index contributed by atoms with van der Waals surface area (Å²) in [4.78, 5) is 0. The Hall–Kier alpha value is -1.86. The molecule has 0 saturated heterocycles. The maximum absolute atomic E-state index is 12.9. The Labute approximate surface area is 120 Å². The number of primary sulfonamides is 1. The van der Waals surface area contributed by atoms with Crippen molar-refractivity contribution in [2.75, 3.05) is 0 Å².